The first-order chi connectivity index (χ1) is 17.8. The van der Waals surface area contributed by atoms with Crippen molar-refractivity contribution in [1.29, 1.82) is 0 Å². The molecule has 13 heteroatoms. The number of amides is 1. The summed E-state index contributed by atoms with van der Waals surface area (Å²) >= 11 is 6.73. The van der Waals surface area contributed by atoms with Crippen LogP contribution in [-0.2, 0) is 9.47 Å². The molecule has 3 aliphatic rings. The Morgan fingerprint density at radius 3 is 2.71 bits per heavy atom. The monoisotopic (exact) mass is 555 g/mol. The average Bonchev–Trinajstić information content (AvgIpc) is 3.23. The van der Waals surface area contributed by atoms with E-state index >= 15 is 4.39 Å². The lowest BCUT2D eigenvalue weighted by molar-refractivity contribution is -0.000269. The van der Waals surface area contributed by atoms with Crippen molar-refractivity contribution in [1.82, 2.24) is 9.88 Å². The van der Waals surface area contributed by atoms with Crippen LogP contribution in [0.5, 0.6) is 5.75 Å². The first-order valence-electron chi connectivity index (χ1n) is 12.3. The van der Waals surface area contributed by atoms with Crippen LogP contribution in [0.3, 0.4) is 0 Å². The SMILES string of the molecule is CC(C)(C)OC(=O)NCC12CN(c3c(F)cc4c(=O)c(OC(=O)O)cn([C@@H]5C[C@@H]5F)c4c3Cl)CC1CCO2. The van der Waals surface area contributed by atoms with Crippen molar-refractivity contribution in [3.63, 3.8) is 0 Å². The highest BCUT2D eigenvalue weighted by Gasteiger charge is 2.52. The second kappa shape index (κ2) is 9.26. The summed E-state index contributed by atoms with van der Waals surface area (Å²) in [6.07, 6.45) is -1.63. The van der Waals surface area contributed by atoms with E-state index in [1.807, 2.05) is 0 Å². The van der Waals surface area contributed by atoms with Gasteiger partial charge in [-0.2, -0.15) is 0 Å². The zero-order valence-corrected chi connectivity index (χ0v) is 21.8. The largest absolute Gasteiger partial charge is 0.511 e. The number of benzene rings is 1. The Hall–Kier alpha value is -3.12. The number of carbonyl (C=O) groups is 2. The maximum Gasteiger partial charge on any atom is 0.511 e. The van der Waals surface area contributed by atoms with E-state index in [0.29, 0.717) is 19.6 Å². The molecule has 38 heavy (non-hydrogen) atoms. The molecule has 1 aliphatic carbocycles. The highest BCUT2D eigenvalue weighted by atomic mass is 35.5. The van der Waals surface area contributed by atoms with Gasteiger partial charge in [-0.15, -0.1) is 0 Å². The van der Waals surface area contributed by atoms with Gasteiger partial charge in [0.2, 0.25) is 5.43 Å². The molecule has 1 aromatic heterocycles. The molecule has 2 N–H and O–H groups in total. The van der Waals surface area contributed by atoms with Gasteiger partial charge < -0.3 is 34.1 Å². The van der Waals surface area contributed by atoms with Crippen molar-refractivity contribution < 1.29 is 37.7 Å². The number of aromatic nitrogens is 1. The summed E-state index contributed by atoms with van der Waals surface area (Å²) in [6.45, 7) is 6.46. The molecule has 0 radical (unpaired) electrons. The van der Waals surface area contributed by atoms with E-state index < -0.39 is 52.7 Å². The van der Waals surface area contributed by atoms with E-state index in [4.69, 9.17) is 26.2 Å². The molecule has 2 aliphatic heterocycles. The summed E-state index contributed by atoms with van der Waals surface area (Å²) in [5.41, 5.74) is -2.24. The van der Waals surface area contributed by atoms with Crippen LogP contribution in [0.25, 0.3) is 10.9 Å². The van der Waals surface area contributed by atoms with E-state index in [9.17, 15) is 18.8 Å². The topological polar surface area (TPSA) is 119 Å². The van der Waals surface area contributed by atoms with E-state index in [1.165, 1.54) is 4.57 Å². The number of rotatable bonds is 5. The summed E-state index contributed by atoms with van der Waals surface area (Å²) in [5.74, 6) is -1.42. The van der Waals surface area contributed by atoms with Gasteiger partial charge in [-0.25, -0.2) is 18.4 Å². The predicted octanol–water partition coefficient (Wildman–Crippen LogP) is 4.25. The number of halogens is 3. The second-order valence-electron chi connectivity index (χ2n) is 11.0. The highest BCUT2D eigenvalue weighted by Crippen LogP contribution is 2.47. The molecule has 10 nitrogen and oxygen atoms in total. The molecule has 4 atom stereocenters. The van der Waals surface area contributed by atoms with Gasteiger partial charge in [-0.05, 0) is 33.3 Å². The van der Waals surface area contributed by atoms with Crippen molar-refractivity contribution in [2.75, 3.05) is 31.1 Å². The van der Waals surface area contributed by atoms with Crippen LogP contribution in [-0.4, -0.2) is 65.5 Å². The number of alkyl halides is 1. The second-order valence-corrected chi connectivity index (χ2v) is 11.3. The Bertz CT molecular complexity index is 1380. The summed E-state index contributed by atoms with van der Waals surface area (Å²) in [6, 6.07) is 0.274. The van der Waals surface area contributed by atoms with Gasteiger partial charge in [0.05, 0.1) is 40.4 Å². The van der Waals surface area contributed by atoms with Gasteiger partial charge in [0.25, 0.3) is 0 Å². The molecule has 1 amide bonds. The average molecular weight is 556 g/mol. The van der Waals surface area contributed by atoms with Gasteiger partial charge >= 0.3 is 12.2 Å². The third-order valence-corrected chi connectivity index (χ3v) is 7.49. The Morgan fingerprint density at radius 1 is 1.37 bits per heavy atom. The fourth-order valence-electron chi connectivity index (χ4n) is 5.39. The van der Waals surface area contributed by atoms with Crippen LogP contribution in [0.2, 0.25) is 5.02 Å². The standard InChI is InChI=1S/C25H28ClF2N3O7/c1-24(2,3)38-22(33)29-10-25-11-30(8-12(25)4-5-36-25)20-15(28)6-13-19(18(20)26)31(16-7-14(16)27)9-17(21(13)32)37-23(34)35/h6,9,12,14,16H,4-5,7-8,10-11H2,1-3H3,(H,29,33)(H,34,35)/t12?,14-,16+,25?/m0/s1. The van der Waals surface area contributed by atoms with E-state index in [-0.39, 0.29) is 47.0 Å². The van der Waals surface area contributed by atoms with Crippen LogP contribution in [0.15, 0.2) is 17.1 Å². The number of hydrogen-bond acceptors (Lipinski definition) is 7. The first kappa shape index (κ1) is 26.5. The molecule has 3 fully saturated rings. The Labute approximate surface area is 221 Å². The van der Waals surface area contributed by atoms with Crippen molar-refractivity contribution in [3.05, 3.63) is 33.3 Å². The first-order valence-corrected chi connectivity index (χ1v) is 12.6. The van der Waals surface area contributed by atoms with Gasteiger partial charge in [0, 0.05) is 32.0 Å². The van der Waals surface area contributed by atoms with Crippen molar-refractivity contribution >= 4 is 40.4 Å². The van der Waals surface area contributed by atoms with Gasteiger partial charge in [0.1, 0.15) is 23.2 Å². The maximum atomic E-state index is 15.6. The molecule has 206 valence electrons. The molecule has 2 saturated heterocycles. The zero-order valence-electron chi connectivity index (χ0n) is 21.1. The Kier molecular flexibility index (Phi) is 6.46. The summed E-state index contributed by atoms with van der Waals surface area (Å²) in [4.78, 5) is 38.0. The number of ether oxygens (including phenoxy) is 3. The minimum atomic E-state index is -1.72. The number of carbonyl (C=O) groups excluding carboxylic acids is 1. The number of anilines is 1. The number of hydrogen-bond donors (Lipinski definition) is 2. The number of fused-ring (bicyclic) bond motifs is 2. The van der Waals surface area contributed by atoms with Gasteiger partial charge in [0.15, 0.2) is 5.75 Å². The molecule has 5 rings (SSSR count). The molecule has 0 spiro atoms. The van der Waals surface area contributed by atoms with Crippen LogP contribution in [0.4, 0.5) is 24.1 Å². The summed E-state index contributed by atoms with van der Waals surface area (Å²) in [7, 11) is 0. The lowest BCUT2D eigenvalue weighted by atomic mass is 9.91. The Balaban J connectivity index is 1.51. The quantitative estimate of drug-likeness (QED) is 0.526. The van der Waals surface area contributed by atoms with Crippen molar-refractivity contribution in [2.45, 2.75) is 57.0 Å². The molecule has 3 heterocycles. The number of pyridine rings is 1. The minimum Gasteiger partial charge on any atom is -0.449 e. The molecule has 1 aromatic carbocycles. The lowest BCUT2D eigenvalue weighted by Gasteiger charge is -2.30. The normalized spacial score (nSPS) is 26.4. The number of carboxylic acid groups (broad SMARTS) is 1. The molecule has 0 bridgehead atoms. The van der Waals surface area contributed by atoms with Gasteiger partial charge in [-0.1, -0.05) is 11.6 Å². The third-order valence-electron chi connectivity index (χ3n) is 7.13. The van der Waals surface area contributed by atoms with Crippen molar-refractivity contribution in [3.8, 4) is 5.75 Å². The highest BCUT2D eigenvalue weighted by molar-refractivity contribution is 6.38. The van der Waals surface area contributed by atoms with E-state index in [2.05, 4.69) is 10.1 Å². The van der Waals surface area contributed by atoms with Crippen molar-refractivity contribution in [2.24, 2.45) is 5.92 Å². The number of alkyl carbamates (subject to hydrolysis) is 1. The van der Waals surface area contributed by atoms with Crippen LogP contribution < -0.4 is 20.4 Å². The fourth-order valence-corrected chi connectivity index (χ4v) is 5.80. The fraction of sp³-hybridized carbons (Fsp3) is 0.560. The van der Waals surface area contributed by atoms with Crippen LogP contribution in [0.1, 0.15) is 39.7 Å². The number of nitrogens with zero attached hydrogens (tertiary/aromatic N) is 2. The summed E-state index contributed by atoms with van der Waals surface area (Å²) in [5, 5.41) is 11.4. The smallest absolute Gasteiger partial charge is 0.449 e. The van der Waals surface area contributed by atoms with Crippen LogP contribution in [0, 0.1) is 11.7 Å². The zero-order chi connectivity index (χ0) is 27.6. The summed E-state index contributed by atoms with van der Waals surface area (Å²) < 4.78 is 47.0. The molecule has 1 saturated carbocycles. The number of nitrogens with one attached hydrogen (secondary N) is 1. The molecular weight excluding hydrogens is 528 g/mol. The third kappa shape index (κ3) is 4.75. The predicted molar refractivity (Wildman–Crippen MR) is 134 cm³/mol. The minimum absolute atomic E-state index is 0.0184. The van der Waals surface area contributed by atoms with E-state index in [0.717, 1.165) is 12.3 Å². The molecule has 2 unspecified atom stereocenters. The lowest BCUT2D eigenvalue weighted by Crippen LogP contribution is -2.49. The van der Waals surface area contributed by atoms with E-state index in [1.54, 1.807) is 25.7 Å². The van der Waals surface area contributed by atoms with Crippen LogP contribution >= 0.6 is 11.6 Å². The maximum absolute atomic E-state index is 15.6. The molecular formula is C25H28ClF2N3O7. The molecule has 2 aromatic rings. The Morgan fingerprint density at radius 2 is 2.08 bits per heavy atom. The van der Waals surface area contributed by atoms with Gasteiger partial charge in [-0.3, -0.25) is 4.79 Å².